The first-order valence-electron chi connectivity index (χ1n) is 12.9. The zero-order valence-corrected chi connectivity index (χ0v) is 23.9. The van der Waals surface area contributed by atoms with E-state index in [1.807, 2.05) is 0 Å². The molecule has 0 spiro atoms. The number of rotatable bonds is 12. The number of sulfonamides is 1. The Kier molecular flexibility index (Phi) is 9.48. The molecule has 1 aliphatic heterocycles. The molecule has 4 rings (SSSR count). The maximum Gasteiger partial charge on any atom is 0.229 e. The monoisotopic (exact) mass is 574 g/mol. The van der Waals surface area contributed by atoms with Crippen molar-refractivity contribution < 1.29 is 27.0 Å². The lowest BCUT2D eigenvalue weighted by molar-refractivity contribution is 0.177. The SMILES string of the molecule is COc1cc(Nc2ncc(F)c(Nc3cccc(C)c3NS(C)(=O)=O)n2)cc(OC)c1OCCN1CCCCC1. The molecule has 0 bridgehead atoms. The molecular formula is C27H35FN6O5S. The number of nitrogens with zero attached hydrogens (tertiary/aromatic N) is 3. The summed E-state index contributed by atoms with van der Waals surface area (Å²) in [4.78, 5) is 10.7. The van der Waals surface area contributed by atoms with Crippen LogP contribution in [0.15, 0.2) is 36.5 Å². The van der Waals surface area contributed by atoms with E-state index in [9.17, 15) is 12.8 Å². The van der Waals surface area contributed by atoms with Gasteiger partial charge in [-0.05, 0) is 44.5 Å². The average Bonchev–Trinajstić information content (AvgIpc) is 2.92. The molecule has 0 atom stereocenters. The summed E-state index contributed by atoms with van der Waals surface area (Å²) in [6.45, 7) is 5.20. The van der Waals surface area contributed by atoms with Crippen LogP contribution in [0.25, 0.3) is 0 Å². The molecule has 3 N–H and O–H groups in total. The lowest BCUT2D eigenvalue weighted by Crippen LogP contribution is -2.33. The summed E-state index contributed by atoms with van der Waals surface area (Å²) in [5.41, 5.74) is 1.82. The highest BCUT2D eigenvalue weighted by atomic mass is 32.2. The summed E-state index contributed by atoms with van der Waals surface area (Å²) in [7, 11) is -0.491. The van der Waals surface area contributed by atoms with Crippen molar-refractivity contribution >= 4 is 38.9 Å². The number of nitrogens with one attached hydrogen (secondary N) is 3. The van der Waals surface area contributed by atoms with Crippen molar-refractivity contribution in [1.82, 2.24) is 14.9 Å². The van der Waals surface area contributed by atoms with Crippen LogP contribution in [-0.4, -0.2) is 70.0 Å². The van der Waals surface area contributed by atoms with E-state index in [1.54, 1.807) is 37.3 Å². The molecule has 11 nitrogen and oxygen atoms in total. The van der Waals surface area contributed by atoms with Gasteiger partial charge in [0, 0.05) is 24.4 Å². The van der Waals surface area contributed by atoms with Crippen molar-refractivity contribution in [2.45, 2.75) is 26.2 Å². The van der Waals surface area contributed by atoms with E-state index in [2.05, 4.69) is 30.2 Å². The summed E-state index contributed by atoms with van der Waals surface area (Å²) in [5.74, 6) is 0.632. The lowest BCUT2D eigenvalue weighted by atomic mass is 10.1. The van der Waals surface area contributed by atoms with Crippen LogP contribution in [0.4, 0.5) is 33.2 Å². The fraction of sp³-hybridized carbons (Fsp3) is 0.407. The molecule has 3 aromatic rings. The molecule has 0 unspecified atom stereocenters. The van der Waals surface area contributed by atoms with E-state index in [-0.39, 0.29) is 11.8 Å². The molecule has 2 aromatic carbocycles. The van der Waals surface area contributed by atoms with Gasteiger partial charge in [0.1, 0.15) is 6.61 Å². The zero-order chi connectivity index (χ0) is 28.7. The average molecular weight is 575 g/mol. The van der Waals surface area contributed by atoms with E-state index in [4.69, 9.17) is 14.2 Å². The van der Waals surface area contributed by atoms with E-state index in [0.29, 0.717) is 46.5 Å². The predicted molar refractivity (Wildman–Crippen MR) is 154 cm³/mol. The molecule has 2 heterocycles. The Labute approximate surface area is 234 Å². The molecule has 13 heteroatoms. The minimum absolute atomic E-state index is 0.0945. The number of aromatic nitrogens is 2. The molecule has 40 heavy (non-hydrogen) atoms. The third-order valence-electron chi connectivity index (χ3n) is 6.38. The second-order valence-corrected chi connectivity index (χ2v) is 11.2. The van der Waals surface area contributed by atoms with Gasteiger partial charge in [0.25, 0.3) is 0 Å². The van der Waals surface area contributed by atoms with Gasteiger partial charge in [-0.3, -0.25) is 9.62 Å². The fourth-order valence-electron chi connectivity index (χ4n) is 4.42. The van der Waals surface area contributed by atoms with Gasteiger partial charge in [-0.1, -0.05) is 18.6 Å². The maximum atomic E-state index is 14.7. The predicted octanol–water partition coefficient (Wildman–Crippen LogP) is 4.66. The van der Waals surface area contributed by atoms with Crippen molar-refractivity contribution in [3.8, 4) is 17.2 Å². The van der Waals surface area contributed by atoms with Gasteiger partial charge < -0.3 is 24.8 Å². The normalized spacial score (nSPS) is 13.9. The number of ether oxygens (including phenoxy) is 3. The van der Waals surface area contributed by atoms with Crippen LogP contribution < -0.4 is 29.6 Å². The number of anilines is 5. The molecule has 1 aliphatic rings. The van der Waals surface area contributed by atoms with Crippen LogP contribution in [-0.2, 0) is 10.0 Å². The second kappa shape index (κ2) is 13.0. The van der Waals surface area contributed by atoms with Crippen LogP contribution in [0.1, 0.15) is 24.8 Å². The molecule has 216 valence electrons. The number of likely N-dealkylation sites (tertiary alicyclic amines) is 1. The first kappa shape index (κ1) is 29.2. The van der Waals surface area contributed by atoms with Crippen LogP contribution >= 0.6 is 0 Å². The van der Waals surface area contributed by atoms with Crippen molar-refractivity contribution in [2.75, 3.05) is 62.1 Å². The Morgan fingerprint density at radius 1 is 1.05 bits per heavy atom. The van der Waals surface area contributed by atoms with Gasteiger partial charge in [-0.25, -0.2) is 17.8 Å². The maximum absolute atomic E-state index is 14.7. The number of methoxy groups -OCH3 is 2. The molecule has 0 aliphatic carbocycles. The van der Waals surface area contributed by atoms with E-state index >= 15 is 0 Å². The summed E-state index contributed by atoms with van der Waals surface area (Å²) < 4.78 is 58.1. The lowest BCUT2D eigenvalue weighted by Gasteiger charge is -2.26. The summed E-state index contributed by atoms with van der Waals surface area (Å²) in [6.07, 6.45) is 5.75. The van der Waals surface area contributed by atoms with Gasteiger partial charge in [0.2, 0.25) is 21.7 Å². The molecule has 1 aromatic heterocycles. The first-order valence-corrected chi connectivity index (χ1v) is 14.8. The highest BCUT2D eigenvalue weighted by Crippen LogP contribution is 2.41. The Morgan fingerprint density at radius 2 is 1.75 bits per heavy atom. The van der Waals surface area contributed by atoms with Gasteiger partial charge in [-0.15, -0.1) is 0 Å². The standard InChI is InChI=1S/C27H35FN6O5S/c1-18-9-8-10-21(24(18)33-40(4,35)36)31-26-20(28)17-29-27(32-26)30-19-15-22(37-2)25(23(16-19)38-3)39-14-13-34-11-6-5-7-12-34/h8-10,15-17,33H,5-7,11-14H2,1-4H3,(H2,29,30,31,32). The highest BCUT2D eigenvalue weighted by molar-refractivity contribution is 7.92. The molecule has 1 fully saturated rings. The zero-order valence-electron chi connectivity index (χ0n) is 23.1. The molecular weight excluding hydrogens is 539 g/mol. The number of halogens is 1. The summed E-state index contributed by atoms with van der Waals surface area (Å²) in [5, 5.41) is 5.91. The largest absolute Gasteiger partial charge is 0.493 e. The van der Waals surface area contributed by atoms with Crippen molar-refractivity contribution in [3.63, 3.8) is 0 Å². The first-order chi connectivity index (χ1) is 19.2. The Bertz CT molecular complexity index is 1410. The summed E-state index contributed by atoms with van der Waals surface area (Å²) >= 11 is 0. The number of para-hydroxylation sites is 1. The number of hydrogen-bond acceptors (Lipinski definition) is 10. The van der Waals surface area contributed by atoms with Crippen molar-refractivity contribution in [1.29, 1.82) is 0 Å². The number of benzene rings is 2. The Morgan fingerprint density at radius 3 is 2.40 bits per heavy atom. The molecule has 0 radical (unpaired) electrons. The Hall–Kier alpha value is -3.84. The Balaban J connectivity index is 1.53. The number of aryl methyl sites for hydroxylation is 1. The molecule has 0 saturated carbocycles. The van der Waals surface area contributed by atoms with Gasteiger partial charge in [0.15, 0.2) is 23.1 Å². The van der Waals surface area contributed by atoms with Crippen molar-refractivity contribution in [3.05, 3.63) is 47.9 Å². The minimum atomic E-state index is -3.57. The third kappa shape index (κ3) is 7.63. The van der Waals surface area contributed by atoms with Crippen LogP contribution in [0.3, 0.4) is 0 Å². The van der Waals surface area contributed by atoms with Gasteiger partial charge >= 0.3 is 0 Å². The van der Waals surface area contributed by atoms with E-state index in [1.165, 1.54) is 33.5 Å². The van der Waals surface area contributed by atoms with Crippen LogP contribution in [0, 0.1) is 12.7 Å². The number of piperidine rings is 1. The van der Waals surface area contributed by atoms with Crippen LogP contribution in [0.2, 0.25) is 0 Å². The smallest absolute Gasteiger partial charge is 0.229 e. The number of hydrogen-bond donors (Lipinski definition) is 3. The van der Waals surface area contributed by atoms with Gasteiger partial charge in [0.05, 0.1) is 38.0 Å². The quantitative estimate of drug-likeness (QED) is 0.281. The minimum Gasteiger partial charge on any atom is -0.493 e. The van der Waals surface area contributed by atoms with E-state index in [0.717, 1.165) is 32.1 Å². The second-order valence-electron chi connectivity index (χ2n) is 9.47. The van der Waals surface area contributed by atoms with Crippen molar-refractivity contribution in [2.24, 2.45) is 0 Å². The van der Waals surface area contributed by atoms with Gasteiger partial charge in [-0.2, -0.15) is 4.98 Å². The highest BCUT2D eigenvalue weighted by Gasteiger charge is 2.18. The third-order valence-corrected chi connectivity index (χ3v) is 6.95. The summed E-state index contributed by atoms with van der Waals surface area (Å²) in [6, 6.07) is 8.51. The molecule has 0 amide bonds. The topological polar surface area (TPSA) is 127 Å². The van der Waals surface area contributed by atoms with Crippen LogP contribution in [0.5, 0.6) is 17.2 Å². The molecule has 1 saturated heterocycles. The fourth-order valence-corrected chi connectivity index (χ4v) is 5.06. The van der Waals surface area contributed by atoms with E-state index < -0.39 is 15.8 Å².